The summed E-state index contributed by atoms with van der Waals surface area (Å²) < 4.78 is 0. The molecule has 94 valence electrons. The van der Waals surface area contributed by atoms with Gasteiger partial charge in [0.1, 0.15) is 5.54 Å². The third kappa shape index (κ3) is 2.22. The monoisotopic (exact) mass is 244 g/mol. The summed E-state index contributed by atoms with van der Waals surface area (Å²) in [5.41, 5.74) is 1.95. The van der Waals surface area contributed by atoms with Gasteiger partial charge in [-0.15, -0.1) is 0 Å². The molecule has 2 N–H and O–H groups in total. The fraction of sp³-hybridized carbons (Fsp3) is 0.429. The van der Waals surface area contributed by atoms with E-state index in [4.69, 9.17) is 5.26 Å². The van der Waals surface area contributed by atoms with Crippen LogP contribution in [0.2, 0.25) is 0 Å². The lowest BCUT2D eigenvalue weighted by Gasteiger charge is -2.38. The van der Waals surface area contributed by atoms with E-state index in [9.17, 15) is 9.90 Å². The van der Waals surface area contributed by atoms with Crippen LogP contribution in [0.25, 0.3) is 0 Å². The fourth-order valence-electron chi connectivity index (χ4n) is 2.22. The number of nitrogens with one attached hydrogen (secondary N) is 1. The second kappa shape index (κ2) is 4.79. The van der Waals surface area contributed by atoms with Crippen molar-refractivity contribution >= 4 is 5.97 Å². The topological polar surface area (TPSA) is 73.1 Å². The largest absolute Gasteiger partial charge is 0.480 e. The minimum atomic E-state index is -0.764. The Morgan fingerprint density at radius 1 is 1.56 bits per heavy atom. The summed E-state index contributed by atoms with van der Waals surface area (Å²) in [6, 6.07) is 7.56. The lowest BCUT2D eigenvalue weighted by Crippen LogP contribution is -2.56. The third-order valence-corrected chi connectivity index (χ3v) is 3.71. The molecule has 0 saturated heterocycles. The normalized spacial score (nSPS) is 16.7. The van der Waals surface area contributed by atoms with Gasteiger partial charge >= 0.3 is 5.97 Å². The summed E-state index contributed by atoms with van der Waals surface area (Å²) in [4.78, 5) is 11.2. The second-order valence-electron chi connectivity index (χ2n) is 4.85. The molecule has 1 aromatic carbocycles. The van der Waals surface area contributed by atoms with E-state index in [0.29, 0.717) is 24.9 Å². The molecule has 2 rings (SSSR count). The zero-order valence-corrected chi connectivity index (χ0v) is 10.4. The van der Waals surface area contributed by atoms with E-state index >= 15 is 0 Å². The highest BCUT2D eigenvalue weighted by atomic mass is 16.4. The van der Waals surface area contributed by atoms with Crippen LogP contribution < -0.4 is 5.32 Å². The lowest BCUT2D eigenvalue weighted by molar-refractivity contribution is -0.148. The Morgan fingerprint density at radius 2 is 2.28 bits per heavy atom. The van der Waals surface area contributed by atoms with Gasteiger partial charge in [-0.05, 0) is 49.4 Å². The molecule has 1 aliphatic rings. The second-order valence-corrected chi connectivity index (χ2v) is 4.85. The smallest absolute Gasteiger partial charge is 0.323 e. The van der Waals surface area contributed by atoms with Crippen molar-refractivity contribution in [1.82, 2.24) is 5.32 Å². The number of hydrogen-bond acceptors (Lipinski definition) is 3. The Bertz CT molecular complexity index is 513. The predicted molar refractivity (Wildman–Crippen MR) is 67.0 cm³/mol. The molecule has 1 fully saturated rings. The van der Waals surface area contributed by atoms with Gasteiger partial charge < -0.3 is 5.11 Å². The first-order valence-electron chi connectivity index (χ1n) is 6.05. The highest BCUT2D eigenvalue weighted by Crippen LogP contribution is 2.32. The zero-order valence-electron chi connectivity index (χ0n) is 10.4. The number of nitrogens with zero attached hydrogens (tertiary/aromatic N) is 1. The summed E-state index contributed by atoms with van der Waals surface area (Å²) in [5.74, 6) is -0.764. The number of benzene rings is 1. The van der Waals surface area contributed by atoms with Crippen molar-refractivity contribution in [2.75, 3.05) is 0 Å². The zero-order chi connectivity index (χ0) is 13.2. The molecule has 18 heavy (non-hydrogen) atoms. The number of carbonyl (C=O) groups is 1. The van der Waals surface area contributed by atoms with Crippen LogP contribution in [-0.2, 0) is 11.3 Å². The van der Waals surface area contributed by atoms with Crippen molar-refractivity contribution in [2.24, 2.45) is 0 Å². The number of aryl methyl sites for hydroxylation is 1. The Balaban J connectivity index is 2.07. The quantitative estimate of drug-likeness (QED) is 0.849. The molecule has 0 spiro atoms. The number of carboxylic acid groups (broad SMARTS) is 1. The lowest BCUT2D eigenvalue weighted by atomic mass is 9.76. The molecule has 1 aliphatic carbocycles. The fourth-order valence-corrected chi connectivity index (χ4v) is 2.22. The molecule has 4 heteroatoms. The Labute approximate surface area is 106 Å². The van der Waals surface area contributed by atoms with Crippen LogP contribution in [0.1, 0.15) is 36.0 Å². The van der Waals surface area contributed by atoms with E-state index in [0.717, 1.165) is 17.5 Å². The Hall–Kier alpha value is -1.86. The van der Waals surface area contributed by atoms with Gasteiger partial charge in [-0.2, -0.15) is 5.26 Å². The maximum absolute atomic E-state index is 11.2. The van der Waals surface area contributed by atoms with Gasteiger partial charge in [-0.3, -0.25) is 10.1 Å². The summed E-state index contributed by atoms with van der Waals surface area (Å²) >= 11 is 0. The van der Waals surface area contributed by atoms with Crippen LogP contribution in [0, 0.1) is 18.3 Å². The molecule has 0 aliphatic heterocycles. The van der Waals surface area contributed by atoms with Crippen molar-refractivity contribution in [3.8, 4) is 6.07 Å². The summed E-state index contributed by atoms with van der Waals surface area (Å²) in [6.07, 6.45) is 2.35. The first kappa shape index (κ1) is 12.6. The molecular formula is C14H16N2O2. The third-order valence-electron chi connectivity index (χ3n) is 3.71. The van der Waals surface area contributed by atoms with Crippen molar-refractivity contribution in [3.05, 3.63) is 34.9 Å². The van der Waals surface area contributed by atoms with E-state index in [1.54, 1.807) is 6.07 Å². The van der Waals surface area contributed by atoms with Crippen LogP contribution in [0.5, 0.6) is 0 Å². The van der Waals surface area contributed by atoms with Gasteiger partial charge in [0.25, 0.3) is 0 Å². The SMILES string of the molecule is Cc1cc(C#N)ccc1CNC1(C(=O)O)CCC1. The van der Waals surface area contributed by atoms with Gasteiger partial charge in [0.05, 0.1) is 11.6 Å². The minimum Gasteiger partial charge on any atom is -0.480 e. The molecule has 4 nitrogen and oxygen atoms in total. The van der Waals surface area contributed by atoms with E-state index in [-0.39, 0.29) is 0 Å². The van der Waals surface area contributed by atoms with E-state index in [1.807, 2.05) is 19.1 Å². The van der Waals surface area contributed by atoms with Crippen molar-refractivity contribution < 1.29 is 9.90 Å². The first-order chi connectivity index (χ1) is 8.57. The van der Waals surface area contributed by atoms with E-state index in [1.165, 1.54) is 0 Å². The number of nitriles is 1. The molecule has 0 amide bonds. The number of aliphatic carboxylic acids is 1. The van der Waals surface area contributed by atoms with Crippen molar-refractivity contribution in [2.45, 2.75) is 38.3 Å². The molecule has 0 bridgehead atoms. The van der Waals surface area contributed by atoms with Crippen LogP contribution in [0.4, 0.5) is 0 Å². The van der Waals surface area contributed by atoms with Gasteiger partial charge in [0.15, 0.2) is 0 Å². The Morgan fingerprint density at radius 3 is 2.72 bits per heavy atom. The van der Waals surface area contributed by atoms with Crippen LogP contribution in [-0.4, -0.2) is 16.6 Å². The summed E-state index contributed by atoms with van der Waals surface area (Å²) in [5, 5.41) is 21.1. The first-order valence-corrected chi connectivity index (χ1v) is 6.05. The molecule has 0 radical (unpaired) electrons. The maximum Gasteiger partial charge on any atom is 0.323 e. The minimum absolute atomic E-state index is 0.532. The number of rotatable bonds is 4. The average molecular weight is 244 g/mol. The highest BCUT2D eigenvalue weighted by Gasteiger charge is 2.43. The van der Waals surface area contributed by atoms with Crippen LogP contribution in [0.15, 0.2) is 18.2 Å². The van der Waals surface area contributed by atoms with Crippen LogP contribution >= 0.6 is 0 Å². The van der Waals surface area contributed by atoms with Crippen molar-refractivity contribution in [1.29, 1.82) is 5.26 Å². The van der Waals surface area contributed by atoms with Crippen molar-refractivity contribution in [3.63, 3.8) is 0 Å². The molecule has 1 aromatic rings. The molecule has 0 atom stereocenters. The molecule has 0 unspecified atom stereocenters. The van der Waals surface area contributed by atoms with Gasteiger partial charge in [-0.1, -0.05) is 6.07 Å². The molecule has 0 aromatic heterocycles. The van der Waals surface area contributed by atoms with E-state index in [2.05, 4.69) is 11.4 Å². The van der Waals surface area contributed by atoms with Crippen LogP contribution in [0.3, 0.4) is 0 Å². The van der Waals surface area contributed by atoms with E-state index < -0.39 is 11.5 Å². The maximum atomic E-state index is 11.2. The van der Waals surface area contributed by atoms with Gasteiger partial charge in [0.2, 0.25) is 0 Å². The van der Waals surface area contributed by atoms with Gasteiger partial charge in [-0.25, -0.2) is 0 Å². The molecular weight excluding hydrogens is 228 g/mol. The standard InChI is InChI=1S/C14H16N2O2/c1-10-7-11(8-15)3-4-12(10)9-16-14(13(17)18)5-2-6-14/h3-4,7,16H,2,5-6,9H2,1H3,(H,17,18). The number of hydrogen-bond donors (Lipinski definition) is 2. The molecule has 1 saturated carbocycles. The number of carboxylic acids is 1. The van der Waals surface area contributed by atoms with Gasteiger partial charge in [0, 0.05) is 6.54 Å². The molecule has 0 heterocycles. The predicted octanol–water partition coefficient (Wildman–Crippen LogP) is 1.96. The summed E-state index contributed by atoms with van der Waals surface area (Å²) in [6.45, 7) is 2.47. The summed E-state index contributed by atoms with van der Waals surface area (Å²) in [7, 11) is 0. The Kier molecular flexibility index (Phi) is 3.35. The highest BCUT2D eigenvalue weighted by molar-refractivity contribution is 5.80. The average Bonchev–Trinajstić information content (AvgIpc) is 2.28.